The zero-order valence-corrected chi connectivity index (χ0v) is 18.8. The van der Waals surface area contributed by atoms with Crippen LogP contribution in [0.15, 0.2) is 71.9 Å². The van der Waals surface area contributed by atoms with Gasteiger partial charge in [-0.2, -0.15) is 13.2 Å². The largest absolute Gasteiger partial charge is 0.446 e. The van der Waals surface area contributed by atoms with E-state index in [2.05, 4.69) is 4.98 Å². The van der Waals surface area contributed by atoms with Gasteiger partial charge >= 0.3 is 11.5 Å². The third-order valence-corrected chi connectivity index (χ3v) is 6.21. The molecule has 1 aliphatic heterocycles. The number of nitrogens with zero attached hydrogens (tertiary/aromatic N) is 3. The van der Waals surface area contributed by atoms with Crippen LogP contribution in [-0.4, -0.2) is 33.4 Å². The van der Waals surface area contributed by atoms with Crippen LogP contribution in [0.2, 0.25) is 5.02 Å². The predicted octanol–water partition coefficient (Wildman–Crippen LogP) is 6.37. The van der Waals surface area contributed by atoms with Crippen LogP contribution in [0.4, 0.5) is 23.7 Å². The zero-order chi connectivity index (χ0) is 23.8. The van der Waals surface area contributed by atoms with E-state index in [1.54, 1.807) is 37.5 Å². The highest BCUT2D eigenvalue weighted by Gasteiger charge is 2.43. The summed E-state index contributed by atoms with van der Waals surface area (Å²) >= 11 is 5.72. The first-order valence-corrected chi connectivity index (χ1v) is 11.0. The number of anilines is 1. The Morgan fingerprint density at radius 3 is 2.33 bits per heavy atom. The summed E-state index contributed by atoms with van der Waals surface area (Å²) in [5.41, 5.74) is -1.74. The average molecular weight is 492 g/mol. The Balaban J connectivity index is 1.58. The molecule has 2 aromatic carbocycles. The van der Waals surface area contributed by atoms with Crippen molar-refractivity contribution in [2.24, 2.45) is 0 Å². The summed E-state index contributed by atoms with van der Waals surface area (Å²) in [5.74, 6) is -0.446. The smallest absolute Gasteiger partial charge is 0.308 e. The lowest BCUT2D eigenvalue weighted by Gasteiger charge is -2.21. The van der Waals surface area contributed by atoms with Gasteiger partial charge in [-0.05, 0) is 72.3 Å². The van der Waals surface area contributed by atoms with Crippen molar-refractivity contribution >= 4 is 41.0 Å². The predicted molar refractivity (Wildman–Crippen MR) is 121 cm³/mol. The molecule has 3 amide bonds. The molecule has 5 nitrogen and oxygen atoms in total. The van der Waals surface area contributed by atoms with Crippen LogP contribution in [0.5, 0.6) is 0 Å². The third kappa shape index (κ3) is 4.99. The van der Waals surface area contributed by atoms with E-state index >= 15 is 0 Å². The number of urea groups is 1. The van der Waals surface area contributed by atoms with Crippen LogP contribution >= 0.6 is 23.4 Å². The van der Waals surface area contributed by atoms with Gasteiger partial charge in [0, 0.05) is 34.4 Å². The number of thioether (sulfide) groups is 1. The maximum absolute atomic E-state index is 13.2. The van der Waals surface area contributed by atoms with Crippen LogP contribution in [-0.2, 0) is 11.3 Å². The maximum Gasteiger partial charge on any atom is 0.446 e. The first-order chi connectivity index (χ1) is 15.6. The van der Waals surface area contributed by atoms with Gasteiger partial charge in [-0.15, -0.1) is 0 Å². The highest BCUT2D eigenvalue weighted by Crippen LogP contribution is 2.38. The Morgan fingerprint density at radius 2 is 1.70 bits per heavy atom. The quantitative estimate of drug-likeness (QED) is 0.307. The first-order valence-electron chi connectivity index (χ1n) is 9.83. The second-order valence-corrected chi connectivity index (χ2v) is 8.92. The van der Waals surface area contributed by atoms with Crippen LogP contribution < -0.4 is 4.90 Å². The average Bonchev–Trinajstić information content (AvgIpc) is 2.98. The van der Waals surface area contributed by atoms with Gasteiger partial charge in [0.1, 0.15) is 6.04 Å². The molecule has 1 atom stereocenters. The van der Waals surface area contributed by atoms with E-state index < -0.39 is 23.5 Å². The number of hydrogen-bond donors (Lipinski definition) is 0. The molecule has 170 valence electrons. The van der Waals surface area contributed by atoms with Crippen molar-refractivity contribution in [2.45, 2.75) is 29.9 Å². The number of carbonyl (C=O) groups is 2. The van der Waals surface area contributed by atoms with Gasteiger partial charge in [-0.3, -0.25) is 9.78 Å². The third-order valence-electron chi connectivity index (χ3n) is 5.22. The minimum Gasteiger partial charge on any atom is -0.308 e. The molecule has 0 bridgehead atoms. The molecule has 3 aromatic rings. The Labute approximate surface area is 197 Å². The van der Waals surface area contributed by atoms with Gasteiger partial charge in [0.05, 0.1) is 5.69 Å². The molecule has 1 saturated heterocycles. The van der Waals surface area contributed by atoms with Gasteiger partial charge in [-0.25, -0.2) is 9.69 Å². The van der Waals surface area contributed by atoms with Gasteiger partial charge in [0.2, 0.25) is 0 Å². The Bertz CT molecular complexity index is 1190. The maximum atomic E-state index is 13.2. The standard InChI is InChI=1S/C23H17ClF3N3O2S/c1-14-21(31)30(18-6-8-19(9-7-18)33-23(25,26)27)22(32)29(14)13-16-10-11-28-12-20(16)15-2-4-17(24)5-3-15/h2-12,14H,13H2,1H3. The van der Waals surface area contributed by atoms with Crippen LogP contribution in [0.25, 0.3) is 11.1 Å². The minimum atomic E-state index is -4.42. The molecular weight excluding hydrogens is 475 g/mol. The fourth-order valence-corrected chi connectivity index (χ4v) is 4.25. The fraction of sp³-hybridized carbons (Fsp3) is 0.174. The summed E-state index contributed by atoms with van der Waals surface area (Å²) in [6.45, 7) is 1.78. The molecule has 0 spiro atoms. The van der Waals surface area contributed by atoms with Crippen molar-refractivity contribution in [3.8, 4) is 11.1 Å². The van der Waals surface area contributed by atoms with Crippen molar-refractivity contribution in [3.63, 3.8) is 0 Å². The first kappa shape index (κ1) is 23.1. The molecule has 10 heteroatoms. The molecule has 1 fully saturated rings. The number of amides is 3. The van der Waals surface area contributed by atoms with E-state index in [0.717, 1.165) is 21.6 Å². The van der Waals surface area contributed by atoms with E-state index in [0.29, 0.717) is 5.02 Å². The Hall–Kier alpha value is -3.04. The number of aromatic nitrogens is 1. The summed E-state index contributed by atoms with van der Waals surface area (Å²) in [7, 11) is 0. The van der Waals surface area contributed by atoms with Crippen molar-refractivity contribution in [2.75, 3.05) is 4.90 Å². The second kappa shape index (κ2) is 9.07. The van der Waals surface area contributed by atoms with E-state index in [1.165, 1.54) is 29.2 Å². The van der Waals surface area contributed by atoms with Crippen LogP contribution in [0.3, 0.4) is 0 Å². The highest BCUT2D eigenvalue weighted by molar-refractivity contribution is 8.00. The molecule has 0 aliphatic carbocycles. The number of hydrogen-bond acceptors (Lipinski definition) is 4. The van der Waals surface area contributed by atoms with Crippen LogP contribution in [0, 0.1) is 0 Å². The molecule has 0 N–H and O–H groups in total. The summed E-state index contributed by atoms with van der Waals surface area (Å²) in [5, 5.41) is 0.591. The van der Waals surface area contributed by atoms with Crippen molar-refractivity contribution in [1.29, 1.82) is 0 Å². The van der Waals surface area contributed by atoms with E-state index in [4.69, 9.17) is 11.6 Å². The lowest BCUT2D eigenvalue weighted by atomic mass is 10.0. The Kier molecular flexibility index (Phi) is 6.36. The summed E-state index contributed by atoms with van der Waals surface area (Å²) in [6, 6.07) is 12.8. The topological polar surface area (TPSA) is 53.5 Å². The number of carbonyl (C=O) groups excluding carboxylic acids is 2. The molecule has 1 aliphatic rings. The number of rotatable bonds is 5. The Morgan fingerprint density at radius 1 is 1.03 bits per heavy atom. The molecular formula is C23H17ClF3N3O2S. The molecule has 1 aromatic heterocycles. The van der Waals surface area contributed by atoms with E-state index in [1.807, 2.05) is 12.1 Å². The van der Waals surface area contributed by atoms with Crippen molar-refractivity contribution < 1.29 is 22.8 Å². The SMILES string of the molecule is CC1C(=O)N(c2ccc(SC(F)(F)F)cc2)C(=O)N1Cc1ccncc1-c1ccc(Cl)cc1. The molecule has 0 radical (unpaired) electrons. The van der Waals surface area contributed by atoms with Crippen molar-refractivity contribution in [1.82, 2.24) is 9.88 Å². The molecule has 2 heterocycles. The summed E-state index contributed by atoms with van der Waals surface area (Å²) in [6.07, 6.45) is 3.29. The van der Waals surface area contributed by atoms with E-state index in [9.17, 15) is 22.8 Å². The monoisotopic (exact) mass is 491 g/mol. The number of halogens is 4. The van der Waals surface area contributed by atoms with Gasteiger partial charge in [-0.1, -0.05) is 23.7 Å². The lowest BCUT2D eigenvalue weighted by Crippen LogP contribution is -2.33. The molecule has 1 unspecified atom stereocenters. The fourth-order valence-electron chi connectivity index (χ4n) is 3.58. The minimum absolute atomic E-state index is 0.0281. The highest BCUT2D eigenvalue weighted by atomic mass is 35.5. The number of imide groups is 1. The van der Waals surface area contributed by atoms with Gasteiger partial charge in [0.25, 0.3) is 5.91 Å². The zero-order valence-electron chi connectivity index (χ0n) is 17.2. The lowest BCUT2D eigenvalue weighted by molar-refractivity contribution is -0.119. The number of benzene rings is 2. The normalized spacial score (nSPS) is 16.6. The summed E-state index contributed by atoms with van der Waals surface area (Å²) in [4.78, 5) is 32.6. The number of pyridine rings is 1. The van der Waals surface area contributed by atoms with Crippen LogP contribution in [0.1, 0.15) is 12.5 Å². The van der Waals surface area contributed by atoms with Gasteiger partial charge in [0.15, 0.2) is 0 Å². The molecule has 0 saturated carbocycles. The second-order valence-electron chi connectivity index (χ2n) is 7.34. The number of alkyl halides is 3. The molecule has 4 rings (SSSR count). The van der Waals surface area contributed by atoms with E-state index in [-0.39, 0.29) is 28.9 Å². The molecule has 33 heavy (non-hydrogen) atoms. The van der Waals surface area contributed by atoms with Gasteiger partial charge < -0.3 is 4.90 Å². The van der Waals surface area contributed by atoms with Crippen molar-refractivity contribution in [3.05, 3.63) is 77.6 Å². The summed E-state index contributed by atoms with van der Waals surface area (Å²) < 4.78 is 37.7.